The maximum absolute atomic E-state index is 12.4. The van der Waals surface area contributed by atoms with Gasteiger partial charge in [0.15, 0.2) is 0 Å². The lowest BCUT2D eigenvalue weighted by Gasteiger charge is -2.22. The van der Waals surface area contributed by atoms with Crippen LogP contribution in [0.1, 0.15) is 25.1 Å². The first kappa shape index (κ1) is 31.7. The van der Waals surface area contributed by atoms with Crippen molar-refractivity contribution in [2.45, 2.75) is 38.0 Å². The molecule has 3 unspecified atom stereocenters. The fourth-order valence-electron chi connectivity index (χ4n) is 3.60. The number of nitrogens with one attached hydrogen (secondary N) is 4. The van der Waals surface area contributed by atoms with Gasteiger partial charge in [-0.3, -0.25) is 33.6 Å². The molecule has 2 heterocycles. The first-order valence-electron chi connectivity index (χ1n) is 11.9. The van der Waals surface area contributed by atoms with Gasteiger partial charge in [0.1, 0.15) is 12.3 Å². The van der Waals surface area contributed by atoms with Crippen LogP contribution in [0.3, 0.4) is 0 Å². The maximum atomic E-state index is 12.4. The molecule has 39 heavy (non-hydrogen) atoms. The summed E-state index contributed by atoms with van der Waals surface area (Å²) >= 11 is 0. The van der Waals surface area contributed by atoms with Crippen molar-refractivity contribution < 1.29 is 42.5 Å². The molecular weight excluding hydrogens is 533 g/mol. The Kier molecular flexibility index (Phi) is 11.8. The number of H-pyrrole nitrogens is 1. The number of aromatic amines is 1. The molecule has 0 bridgehead atoms. The Morgan fingerprint density at radius 1 is 1.15 bits per heavy atom. The van der Waals surface area contributed by atoms with Crippen molar-refractivity contribution in [1.29, 1.82) is 0 Å². The number of amides is 3. The predicted octanol–water partition coefficient (Wildman–Crippen LogP) is -2.58. The van der Waals surface area contributed by atoms with Crippen molar-refractivity contribution in [2.75, 3.05) is 45.9 Å². The number of carbonyl (C=O) groups excluding carboxylic acids is 3. The Bertz CT molecular complexity index is 1150. The minimum Gasteiger partial charge on any atom is -0.394 e. The number of carbonyl (C=O) groups is 3. The number of halogens is 3. The van der Waals surface area contributed by atoms with Crippen LogP contribution in [0.2, 0.25) is 0 Å². The molecule has 0 saturated carbocycles. The molecule has 0 aliphatic carbocycles. The number of aromatic nitrogens is 2. The van der Waals surface area contributed by atoms with Crippen molar-refractivity contribution in [1.82, 2.24) is 30.4 Å². The van der Waals surface area contributed by atoms with E-state index in [2.05, 4.69) is 15.6 Å². The molecule has 1 aliphatic rings. The van der Waals surface area contributed by atoms with E-state index < -0.39 is 54.3 Å². The molecule has 2 rings (SSSR count). The lowest BCUT2D eigenvalue weighted by atomic mass is 10.2. The van der Waals surface area contributed by atoms with Crippen molar-refractivity contribution >= 4 is 23.8 Å². The number of nitrogens with zero attached hydrogens (tertiary/aromatic N) is 2. The molecule has 0 spiro atoms. The van der Waals surface area contributed by atoms with Crippen LogP contribution < -0.4 is 27.2 Å². The van der Waals surface area contributed by atoms with Gasteiger partial charge < -0.3 is 30.9 Å². The van der Waals surface area contributed by atoms with Crippen LogP contribution >= 0.6 is 0 Å². The minimum absolute atomic E-state index is 0.000854. The summed E-state index contributed by atoms with van der Waals surface area (Å²) in [7, 11) is 0. The second kappa shape index (κ2) is 14.6. The summed E-state index contributed by atoms with van der Waals surface area (Å²) in [5.41, 5.74) is -1.64. The molecule has 1 saturated heterocycles. The second-order valence-electron chi connectivity index (χ2n) is 8.57. The molecule has 1 fully saturated rings. The van der Waals surface area contributed by atoms with E-state index in [0.717, 1.165) is 22.9 Å². The zero-order valence-corrected chi connectivity index (χ0v) is 21.0. The Hall–Kier alpha value is -3.54. The lowest BCUT2D eigenvalue weighted by molar-refractivity contribution is -0.173. The molecule has 1 aliphatic heterocycles. The van der Waals surface area contributed by atoms with Gasteiger partial charge in [-0.15, -0.1) is 0 Å². The summed E-state index contributed by atoms with van der Waals surface area (Å²) in [5, 5.41) is 25.9. The molecule has 3 amide bonds. The topological polar surface area (TPSA) is 195 Å². The quantitative estimate of drug-likeness (QED) is 0.140. The van der Waals surface area contributed by atoms with Gasteiger partial charge in [0.2, 0.25) is 11.8 Å². The molecule has 0 radical (unpaired) electrons. The summed E-state index contributed by atoms with van der Waals surface area (Å²) in [6, 6.07) is 0. The SMILES string of the molecule is CC(=O)NCCN(CCNC(=O)/C=C/c1cn(C2CC(O)C(CO)O2)c(=O)[nH]c1=O)CCNC(=O)C(F)(F)F. The average molecular weight is 565 g/mol. The van der Waals surface area contributed by atoms with E-state index in [1.165, 1.54) is 6.92 Å². The van der Waals surface area contributed by atoms with E-state index in [9.17, 15) is 47.4 Å². The van der Waals surface area contributed by atoms with E-state index >= 15 is 0 Å². The molecule has 14 nitrogen and oxygen atoms in total. The van der Waals surface area contributed by atoms with E-state index in [4.69, 9.17) is 4.74 Å². The maximum Gasteiger partial charge on any atom is 0.471 e. The van der Waals surface area contributed by atoms with Crippen molar-refractivity contribution in [2.24, 2.45) is 0 Å². The van der Waals surface area contributed by atoms with Gasteiger partial charge in [0.25, 0.3) is 5.56 Å². The zero-order valence-electron chi connectivity index (χ0n) is 21.0. The highest BCUT2D eigenvalue weighted by Gasteiger charge is 2.38. The van der Waals surface area contributed by atoms with Crippen LogP contribution in [-0.4, -0.2) is 107 Å². The number of aliphatic hydroxyl groups excluding tert-OH is 2. The molecule has 17 heteroatoms. The molecule has 1 aromatic rings. The Balaban J connectivity index is 1.94. The Labute approximate surface area is 219 Å². The van der Waals surface area contributed by atoms with Gasteiger partial charge in [-0.2, -0.15) is 13.2 Å². The highest BCUT2D eigenvalue weighted by molar-refractivity contribution is 5.91. The summed E-state index contributed by atoms with van der Waals surface area (Å²) in [5.74, 6) is -3.00. The van der Waals surface area contributed by atoms with Crippen LogP contribution in [0, 0.1) is 0 Å². The van der Waals surface area contributed by atoms with E-state index in [1.807, 2.05) is 0 Å². The number of rotatable bonds is 13. The second-order valence-corrected chi connectivity index (χ2v) is 8.57. The molecule has 218 valence electrons. The minimum atomic E-state index is -5.01. The molecule has 3 atom stereocenters. The molecule has 0 aromatic carbocycles. The number of ether oxygens (including phenoxy) is 1. The van der Waals surface area contributed by atoms with E-state index in [0.29, 0.717) is 0 Å². The number of aliphatic hydroxyl groups is 2. The number of hydrogen-bond acceptors (Lipinski definition) is 9. The fraction of sp³-hybridized carbons (Fsp3) is 0.591. The van der Waals surface area contributed by atoms with Gasteiger partial charge in [-0.25, -0.2) is 4.79 Å². The molecule has 6 N–H and O–H groups in total. The standard InChI is InChI=1S/C22H31F3N6O8/c1-13(33)26-4-7-30(9-6-28-20(37)22(23,24)25)8-5-27-17(35)3-2-14-11-31(21(38)29-19(14)36)18-10-15(34)16(12-32)39-18/h2-3,11,15-16,18,32,34H,4-10,12H2,1H3,(H,26,33)(H,27,35)(H,28,37)(H,29,36,38)/b3-2+. The molecule has 1 aromatic heterocycles. The third kappa shape index (κ3) is 10.3. The Morgan fingerprint density at radius 2 is 1.77 bits per heavy atom. The van der Waals surface area contributed by atoms with Gasteiger partial charge >= 0.3 is 17.8 Å². The van der Waals surface area contributed by atoms with Crippen LogP contribution in [0.4, 0.5) is 13.2 Å². The highest BCUT2D eigenvalue weighted by atomic mass is 19.4. The number of hydrogen-bond donors (Lipinski definition) is 6. The predicted molar refractivity (Wildman–Crippen MR) is 129 cm³/mol. The van der Waals surface area contributed by atoms with Crippen LogP contribution in [0.15, 0.2) is 21.9 Å². The summed E-state index contributed by atoms with van der Waals surface area (Å²) in [6.45, 7) is 1.17. The zero-order chi connectivity index (χ0) is 29.2. The normalized spacial score (nSPS) is 19.4. The average Bonchev–Trinajstić information content (AvgIpc) is 3.22. The number of alkyl halides is 3. The van der Waals surface area contributed by atoms with Crippen molar-refractivity contribution in [3.63, 3.8) is 0 Å². The lowest BCUT2D eigenvalue weighted by Crippen LogP contribution is -2.44. The Morgan fingerprint density at radius 3 is 2.33 bits per heavy atom. The van der Waals surface area contributed by atoms with Crippen LogP contribution in [-0.2, 0) is 19.1 Å². The van der Waals surface area contributed by atoms with Crippen LogP contribution in [0.5, 0.6) is 0 Å². The summed E-state index contributed by atoms with van der Waals surface area (Å²) in [6.07, 6.45) is -4.51. The van der Waals surface area contributed by atoms with Gasteiger partial charge in [0.05, 0.1) is 18.3 Å². The molecular formula is C22H31F3N6O8. The first-order valence-corrected chi connectivity index (χ1v) is 11.9. The van der Waals surface area contributed by atoms with Gasteiger partial charge in [0, 0.05) is 64.9 Å². The van der Waals surface area contributed by atoms with E-state index in [-0.39, 0.29) is 57.2 Å². The smallest absolute Gasteiger partial charge is 0.394 e. The van der Waals surface area contributed by atoms with Gasteiger partial charge in [-0.1, -0.05) is 0 Å². The van der Waals surface area contributed by atoms with Crippen molar-refractivity contribution in [3.8, 4) is 0 Å². The summed E-state index contributed by atoms with van der Waals surface area (Å²) in [4.78, 5) is 62.3. The van der Waals surface area contributed by atoms with E-state index in [1.54, 1.807) is 10.2 Å². The van der Waals surface area contributed by atoms with Gasteiger partial charge in [-0.05, 0) is 6.08 Å². The van der Waals surface area contributed by atoms with Crippen LogP contribution in [0.25, 0.3) is 6.08 Å². The van der Waals surface area contributed by atoms with Crippen molar-refractivity contribution in [3.05, 3.63) is 38.7 Å². The summed E-state index contributed by atoms with van der Waals surface area (Å²) < 4.78 is 43.5. The third-order valence-corrected chi connectivity index (χ3v) is 5.60. The first-order chi connectivity index (χ1) is 18.3. The largest absolute Gasteiger partial charge is 0.471 e. The third-order valence-electron chi connectivity index (χ3n) is 5.60. The fourth-order valence-corrected chi connectivity index (χ4v) is 3.60. The highest BCUT2D eigenvalue weighted by Crippen LogP contribution is 2.27. The monoisotopic (exact) mass is 564 g/mol.